The molecule has 0 radical (unpaired) electrons. The van der Waals surface area contributed by atoms with Crippen LogP contribution < -0.4 is 5.73 Å². The summed E-state index contributed by atoms with van der Waals surface area (Å²) in [7, 11) is 0. The van der Waals surface area contributed by atoms with Crippen molar-refractivity contribution in [1.82, 2.24) is 0 Å². The molecule has 0 aliphatic carbocycles. The Balaban J connectivity index is 2.15. The van der Waals surface area contributed by atoms with Gasteiger partial charge in [-0.1, -0.05) is 31.5 Å². The predicted octanol–water partition coefficient (Wildman–Crippen LogP) is 3.10. The molecule has 80 valence electrons. The SMILES string of the molecule is CCC[C@H](N)Cc1cc2ccccc2o1. The van der Waals surface area contributed by atoms with Gasteiger partial charge in [0.15, 0.2) is 0 Å². The Morgan fingerprint density at radius 1 is 1.33 bits per heavy atom. The van der Waals surface area contributed by atoms with E-state index in [1.807, 2.05) is 18.2 Å². The van der Waals surface area contributed by atoms with Gasteiger partial charge in [-0.2, -0.15) is 0 Å². The van der Waals surface area contributed by atoms with Crippen LogP contribution in [0.3, 0.4) is 0 Å². The molecule has 0 unspecified atom stereocenters. The summed E-state index contributed by atoms with van der Waals surface area (Å²) in [6.07, 6.45) is 3.01. The van der Waals surface area contributed by atoms with E-state index in [2.05, 4.69) is 19.1 Å². The number of benzene rings is 1. The van der Waals surface area contributed by atoms with E-state index in [0.717, 1.165) is 36.0 Å². The lowest BCUT2D eigenvalue weighted by molar-refractivity contribution is 0.497. The molecule has 0 bridgehead atoms. The number of nitrogens with two attached hydrogens (primary N) is 1. The van der Waals surface area contributed by atoms with E-state index < -0.39 is 0 Å². The maximum atomic E-state index is 5.98. The molecule has 0 saturated heterocycles. The maximum Gasteiger partial charge on any atom is 0.134 e. The number of para-hydroxylation sites is 1. The van der Waals surface area contributed by atoms with Gasteiger partial charge in [0.2, 0.25) is 0 Å². The van der Waals surface area contributed by atoms with Crippen molar-refractivity contribution in [3.63, 3.8) is 0 Å². The molecule has 2 rings (SSSR count). The van der Waals surface area contributed by atoms with Crippen LogP contribution in [0.15, 0.2) is 34.7 Å². The van der Waals surface area contributed by atoms with Crippen molar-refractivity contribution >= 4 is 11.0 Å². The van der Waals surface area contributed by atoms with E-state index in [1.54, 1.807) is 0 Å². The van der Waals surface area contributed by atoms with E-state index in [1.165, 1.54) is 0 Å². The molecule has 0 aliphatic heterocycles. The summed E-state index contributed by atoms with van der Waals surface area (Å²) in [5.41, 5.74) is 6.93. The molecule has 2 aromatic rings. The van der Waals surface area contributed by atoms with Gasteiger partial charge >= 0.3 is 0 Å². The van der Waals surface area contributed by atoms with Gasteiger partial charge in [-0.3, -0.25) is 0 Å². The Hall–Kier alpha value is -1.28. The molecule has 0 fully saturated rings. The van der Waals surface area contributed by atoms with Crippen molar-refractivity contribution in [3.05, 3.63) is 36.1 Å². The van der Waals surface area contributed by atoms with Crippen molar-refractivity contribution in [2.24, 2.45) is 5.73 Å². The molecule has 0 spiro atoms. The van der Waals surface area contributed by atoms with E-state index in [9.17, 15) is 0 Å². The molecular formula is C13H17NO. The first kappa shape index (κ1) is 10.2. The summed E-state index contributed by atoms with van der Waals surface area (Å²) in [5, 5.41) is 1.16. The largest absolute Gasteiger partial charge is 0.461 e. The number of fused-ring (bicyclic) bond motifs is 1. The first-order chi connectivity index (χ1) is 7.29. The third-order valence-electron chi connectivity index (χ3n) is 2.60. The molecule has 2 nitrogen and oxygen atoms in total. The van der Waals surface area contributed by atoms with Crippen molar-refractivity contribution in [2.75, 3.05) is 0 Å². The monoisotopic (exact) mass is 203 g/mol. The highest BCUT2D eigenvalue weighted by Crippen LogP contribution is 2.20. The fourth-order valence-electron chi connectivity index (χ4n) is 1.87. The molecule has 2 heteroatoms. The van der Waals surface area contributed by atoms with Crippen molar-refractivity contribution in [2.45, 2.75) is 32.2 Å². The summed E-state index contributed by atoms with van der Waals surface area (Å²) < 4.78 is 5.71. The highest BCUT2D eigenvalue weighted by molar-refractivity contribution is 5.77. The average molecular weight is 203 g/mol. The highest BCUT2D eigenvalue weighted by atomic mass is 16.3. The molecule has 1 aromatic heterocycles. The Labute approximate surface area is 90.1 Å². The van der Waals surface area contributed by atoms with Gasteiger partial charge in [0.1, 0.15) is 11.3 Å². The topological polar surface area (TPSA) is 39.2 Å². The lowest BCUT2D eigenvalue weighted by Gasteiger charge is -2.06. The van der Waals surface area contributed by atoms with Crippen LogP contribution in [-0.2, 0) is 6.42 Å². The summed E-state index contributed by atoms with van der Waals surface area (Å²) in [4.78, 5) is 0. The van der Waals surface area contributed by atoms with Gasteiger partial charge in [-0.05, 0) is 18.6 Å². The second-order valence-corrected chi connectivity index (χ2v) is 4.00. The normalized spacial score (nSPS) is 13.2. The van der Waals surface area contributed by atoms with Crippen LogP contribution in [0.4, 0.5) is 0 Å². The second kappa shape index (κ2) is 4.49. The first-order valence-corrected chi connectivity index (χ1v) is 5.52. The average Bonchev–Trinajstić information content (AvgIpc) is 2.59. The molecule has 1 heterocycles. The lowest BCUT2D eigenvalue weighted by Crippen LogP contribution is -2.21. The van der Waals surface area contributed by atoms with Gasteiger partial charge in [0.25, 0.3) is 0 Å². The first-order valence-electron chi connectivity index (χ1n) is 5.52. The molecular weight excluding hydrogens is 186 g/mol. The Bertz CT molecular complexity index is 400. The van der Waals surface area contributed by atoms with Crippen LogP contribution >= 0.6 is 0 Å². The van der Waals surface area contributed by atoms with E-state index in [4.69, 9.17) is 10.2 Å². The van der Waals surface area contributed by atoms with Gasteiger partial charge in [-0.15, -0.1) is 0 Å². The molecule has 0 amide bonds. The summed E-state index contributed by atoms with van der Waals surface area (Å²) >= 11 is 0. The molecule has 0 saturated carbocycles. The van der Waals surface area contributed by atoms with E-state index in [0.29, 0.717) is 0 Å². The van der Waals surface area contributed by atoms with Crippen molar-refractivity contribution in [1.29, 1.82) is 0 Å². The fourth-order valence-corrected chi connectivity index (χ4v) is 1.87. The van der Waals surface area contributed by atoms with Crippen LogP contribution in [-0.4, -0.2) is 6.04 Å². The summed E-state index contributed by atoms with van der Waals surface area (Å²) in [5.74, 6) is 0.997. The standard InChI is InChI=1S/C13H17NO/c1-2-5-11(14)9-12-8-10-6-3-4-7-13(10)15-12/h3-4,6-8,11H,2,5,9,14H2,1H3/t11-/m0/s1. The van der Waals surface area contributed by atoms with Gasteiger partial charge in [0, 0.05) is 17.8 Å². The van der Waals surface area contributed by atoms with E-state index >= 15 is 0 Å². The molecule has 0 aliphatic rings. The van der Waals surface area contributed by atoms with Crippen LogP contribution in [0, 0.1) is 0 Å². The van der Waals surface area contributed by atoms with Crippen LogP contribution in [0.25, 0.3) is 11.0 Å². The Morgan fingerprint density at radius 2 is 2.13 bits per heavy atom. The highest BCUT2D eigenvalue weighted by Gasteiger charge is 2.07. The minimum Gasteiger partial charge on any atom is -0.461 e. The molecule has 15 heavy (non-hydrogen) atoms. The van der Waals surface area contributed by atoms with Crippen molar-refractivity contribution < 1.29 is 4.42 Å². The predicted molar refractivity (Wildman–Crippen MR) is 62.8 cm³/mol. The smallest absolute Gasteiger partial charge is 0.134 e. The van der Waals surface area contributed by atoms with E-state index in [-0.39, 0.29) is 6.04 Å². The number of hydrogen-bond acceptors (Lipinski definition) is 2. The van der Waals surface area contributed by atoms with Crippen LogP contribution in [0.1, 0.15) is 25.5 Å². The second-order valence-electron chi connectivity index (χ2n) is 4.00. The third-order valence-corrected chi connectivity index (χ3v) is 2.60. The minimum absolute atomic E-state index is 0.218. The zero-order chi connectivity index (χ0) is 10.7. The van der Waals surface area contributed by atoms with Gasteiger partial charge in [-0.25, -0.2) is 0 Å². The molecule has 2 N–H and O–H groups in total. The van der Waals surface area contributed by atoms with Gasteiger partial charge in [0.05, 0.1) is 0 Å². The lowest BCUT2D eigenvalue weighted by atomic mass is 10.1. The quantitative estimate of drug-likeness (QED) is 0.829. The molecule has 1 atom stereocenters. The van der Waals surface area contributed by atoms with Crippen LogP contribution in [0.2, 0.25) is 0 Å². The van der Waals surface area contributed by atoms with Crippen LogP contribution in [0.5, 0.6) is 0 Å². The zero-order valence-corrected chi connectivity index (χ0v) is 9.07. The Morgan fingerprint density at radius 3 is 2.87 bits per heavy atom. The third kappa shape index (κ3) is 2.39. The van der Waals surface area contributed by atoms with Crippen molar-refractivity contribution in [3.8, 4) is 0 Å². The Kier molecular flexibility index (Phi) is 3.07. The minimum atomic E-state index is 0.218. The summed E-state index contributed by atoms with van der Waals surface area (Å²) in [6, 6.07) is 10.4. The number of furan rings is 1. The summed E-state index contributed by atoms with van der Waals surface area (Å²) in [6.45, 7) is 2.15. The van der Waals surface area contributed by atoms with Gasteiger partial charge < -0.3 is 10.2 Å². The fraction of sp³-hybridized carbons (Fsp3) is 0.385. The molecule has 1 aromatic carbocycles. The maximum absolute atomic E-state index is 5.98. The number of rotatable bonds is 4. The number of hydrogen-bond donors (Lipinski definition) is 1. The zero-order valence-electron chi connectivity index (χ0n) is 9.07.